The third-order valence-corrected chi connectivity index (χ3v) is 3.76. The van der Waals surface area contributed by atoms with Gasteiger partial charge >= 0.3 is 5.97 Å². The van der Waals surface area contributed by atoms with Gasteiger partial charge in [-0.3, -0.25) is 4.79 Å². The molecule has 0 aliphatic rings. The fourth-order valence-electron chi connectivity index (χ4n) is 1.73. The molecule has 5 nitrogen and oxygen atoms in total. The number of benzene rings is 1. The summed E-state index contributed by atoms with van der Waals surface area (Å²) in [6, 6.07) is 8.79. The van der Waals surface area contributed by atoms with E-state index in [-0.39, 0.29) is 18.1 Å². The molecule has 1 unspecified atom stereocenters. The number of aromatic nitrogens is 1. The Morgan fingerprint density at radius 1 is 1.41 bits per heavy atom. The van der Waals surface area contributed by atoms with Gasteiger partial charge in [-0.2, -0.15) is 0 Å². The first-order valence-corrected chi connectivity index (χ1v) is 7.70. The Balaban J connectivity index is 1.87. The van der Waals surface area contributed by atoms with Crippen molar-refractivity contribution in [2.75, 3.05) is 0 Å². The van der Waals surface area contributed by atoms with E-state index in [4.69, 9.17) is 16.3 Å². The number of aromatic amines is 1. The molecule has 1 aromatic carbocycles. The van der Waals surface area contributed by atoms with Crippen LogP contribution in [0.5, 0.6) is 0 Å². The van der Waals surface area contributed by atoms with Crippen molar-refractivity contribution >= 4 is 39.4 Å². The molecule has 0 radical (unpaired) electrons. The van der Waals surface area contributed by atoms with Gasteiger partial charge in [0.1, 0.15) is 5.69 Å². The molecule has 22 heavy (non-hydrogen) atoms. The van der Waals surface area contributed by atoms with Crippen LogP contribution in [0.2, 0.25) is 5.02 Å². The number of hydrogen-bond donors (Lipinski definition) is 2. The lowest BCUT2D eigenvalue weighted by molar-refractivity contribution is -0.129. The first-order valence-electron chi connectivity index (χ1n) is 6.53. The van der Waals surface area contributed by atoms with Crippen molar-refractivity contribution < 1.29 is 14.3 Å². The third-order valence-electron chi connectivity index (χ3n) is 2.93. The summed E-state index contributed by atoms with van der Waals surface area (Å²) >= 11 is 9.23. The maximum absolute atomic E-state index is 11.9. The molecule has 2 N–H and O–H groups in total. The number of hydrogen-bond acceptors (Lipinski definition) is 3. The van der Waals surface area contributed by atoms with Crippen LogP contribution < -0.4 is 5.32 Å². The van der Waals surface area contributed by atoms with E-state index >= 15 is 0 Å². The monoisotopic (exact) mass is 384 g/mol. The zero-order valence-electron chi connectivity index (χ0n) is 11.7. The first-order chi connectivity index (χ1) is 10.5. The molecule has 7 heteroatoms. The maximum Gasteiger partial charge on any atom is 0.355 e. The fourth-order valence-corrected chi connectivity index (χ4v) is 2.28. The Kier molecular flexibility index (Phi) is 5.63. The number of amides is 1. The van der Waals surface area contributed by atoms with Crippen molar-refractivity contribution in [1.29, 1.82) is 0 Å². The fraction of sp³-hybridized carbons (Fsp3) is 0.200. The van der Waals surface area contributed by atoms with E-state index < -0.39 is 12.1 Å². The van der Waals surface area contributed by atoms with Crippen LogP contribution in [0.4, 0.5) is 0 Å². The van der Waals surface area contributed by atoms with Crippen LogP contribution in [-0.4, -0.2) is 23.0 Å². The van der Waals surface area contributed by atoms with Gasteiger partial charge in [0, 0.05) is 22.2 Å². The van der Waals surface area contributed by atoms with Gasteiger partial charge in [0.15, 0.2) is 6.10 Å². The van der Waals surface area contributed by atoms with E-state index in [0.717, 1.165) is 10.0 Å². The minimum absolute atomic E-state index is 0.272. The number of esters is 1. The number of nitrogens with one attached hydrogen (secondary N) is 2. The quantitative estimate of drug-likeness (QED) is 0.776. The second-order valence-electron chi connectivity index (χ2n) is 4.59. The largest absolute Gasteiger partial charge is 0.448 e. The lowest BCUT2D eigenvalue weighted by Crippen LogP contribution is -2.35. The van der Waals surface area contributed by atoms with Crippen molar-refractivity contribution in [2.24, 2.45) is 0 Å². The summed E-state index contributed by atoms with van der Waals surface area (Å²) in [5, 5.41) is 3.25. The third kappa shape index (κ3) is 4.35. The Morgan fingerprint density at radius 3 is 2.77 bits per heavy atom. The molecule has 1 aromatic heterocycles. The minimum atomic E-state index is -0.905. The lowest BCUT2D eigenvalue weighted by Gasteiger charge is -2.13. The highest BCUT2D eigenvalue weighted by molar-refractivity contribution is 9.10. The highest BCUT2D eigenvalue weighted by Gasteiger charge is 2.19. The van der Waals surface area contributed by atoms with Crippen LogP contribution in [0.3, 0.4) is 0 Å². The number of carbonyl (C=O) groups is 2. The molecule has 1 atom stereocenters. The van der Waals surface area contributed by atoms with Gasteiger partial charge in [-0.15, -0.1) is 0 Å². The maximum atomic E-state index is 11.9. The molecular formula is C15H14BrClN2O3. The summed E-state index contributed by atoms with van der Waals surface area (Å²) in [4.78, 5) is 26.5. The van der Waals surface area contributed by atoms with Crippen molar-refractivity contribution in [2.45, 2.75) is 19.6 Å². The van der Waals surface area contributed by atoms with Crippen molar-refractivity contribution in [3.8, 4) is 0 Å². The van der Waals surface area contributed by atoms with Gasteiger partial charge in [-0.25, -0.2) is 4.79 Å². The summed E-state index contributed by atoms with van der Waals surface area (Å²) in [6.45, 7) is 1.78. The summed E-state index contributed by atoms with van der Waals surface area (Å²) < 4.78 is 5.83. The van der Waals surface area contributed by atoms with Crippen LogP contribution in [-0.2, 0) is 16.1 Å². The van der Waals surface area contributed by atoms with Crippen LogP contribution >= 0.6 is 27.5 Å². The van der Waals surface area contributed by atoms with Crippen molar-refractivity contribution in [3.63, 3.8) is 0 Å². The average molecular weight is 386 g/mol. The summed E-state index contributed by atoms with van der Waals surface area (Å²) in [6.07, 6.45) is 0.704. The number of halogens is 2. The normalized spacial score (nSPS) is 11.8. The first kappa shape index (κ1) is 16.6. The molecule has 0 saturated heterocycles. The second-order valence-corrected chi connectivity index (χ2v) is 5.91. The van der Waals surface area contributed by atoms with Crippen molar-refractivity contribution in [3.05, 3.63) is 57.3 Å². The molecule has 0 spiro atoms. The predicted molar refractivity (Wildman–Crippen MR) is 86.7 cm³/mol. The summed E-state index contributed by atoms with van der Waals surface area (Å²) in [5.74, 6) is -0.981. The number of H-pyrrole nitrogens is 1. The van der Waals surface area contributed by atoms with E-state index in [2.05, 4.69) is 26.2 Å². The molecule has 2 rings (SSSR count). The van der Waals surface area contributed by atoms with Crippen LogP contribution in [0.15, 0.2) is 41.0 Å². The Morgan fingerprint density at radius 2 is 2.14 bits per heavy atom. The van der Waals surface area contributed by atoms with E-state index in [1.165, 1.54) is 6.92 Å². The Labute approximate surface area is 141 Å². The molecule has 0 aliphatic carbocycles. The number of rotatable bonds is 5. The number of ether oxygens (including phenoxy) is 1. The average Bonchev–Trinajstić information content (AvgIpc) is 2.92. The highest BCUT2D eigenvalue weighted by atomic mass is 79.9. The minimum Gasteiger partial charge on any atom is -0.448 e. The van der Waals surface area contributed by atoms with E-state index in [0.29, 0.717) is 5.02 Å². The van der Waals surface area contributed by atoms with Crippen LogP contribution in [0.25, 0.3) is 0 Å². The predicted octanol–water partition coefficient (Wildman–Crippen LogP) is 3.29. The molecule has 0 saturated carbocycles. The van der Waals surface area contributed by atoms with Gasteiger partial charge in [0.25, 0.3) is 5.91 Å². The zero-order valence-corrected chi connectivity index (χ0v) is 14.1. The topological polar surface area (TPSA) is 71.2 Å². The molecule has 1 heterocycles. The molecule has 0 bridgehead atoms. The lowest BCUT2D eigenvalue weighted by atomic mass is 10.2. The highest BCUT2D eigenvalue weighted by Crippen LogP contribution is 2.15. The van der Waals surface area contributed by atoms with Gasteiger partial charge in [0.2, 0.25) is 0 Å². The standard InChI is InChI=1S/C15H14BrClN2O3/c1-9(22-15(21)13-6-11(16)8-18-13)14(20)19-7-10-4-2-3-5-12(10)17/h2-6,8-9,18H,7H2,1H3,(H,19,20). The Hall–Kier alpha value is -1.79. The summed E-state index contributed by atoms with van der Waals surface area (Å²) in [5.41, 5.74) is 1.07. The van der Waals surface area contributed by atoms with Gasteiger partial charge < -0.3 is 15.0 Å². The molecular weight excluding hydrogens is 372 g/mol. The van der Waals surface area contributed by atoms with E-state index in [1.54, 1.807) is 18.3 Å². The van der Waals surface area contributed by atoms with Gasteiger partial charge in [-0.1, -0.05) is 29.8 Å². The molecule has 116 valence electrons. The Bertz CT molecular complexity index is 687. The molecule has 2 aromatic rings. The van der Waals surface area contributed by atoms with E-state index in [1.807, 2.05) is 18.2 Å². The molecule has 0 fully saturated rings. The van der Waals surface area contributed by atoms with E-state index in [9.17, 15) is 9.59 Å². The smallest absolute Gasteiger partial charge is 0.355 e. The SMILES string of the molecule is CC(OC(=O)c1cc(Br)c[nH]1)C(=O)NCc1ccccc1Cl. The van der Waals surface area contributed by atoms with Gasteiger partial charge in [-0.05, 0) is 40.5 Å². The number of carbonyl (C=O) groups excluding carboxylic acids is 2. The van der Waals surface area contributed by atoms with Gasteiger partial charge in [0.05, 0.1) is 0 Å². The summed E-state index contributed by atoms with van der Waals surface area (Å²) in [7, 11) is 0. The zero-order chi connectivity index (χ0) is 16.1. The molecule has 0 aliphatic heterocycles. The molecule has 1 amide bonds. The van der Waals surface area contributed by atoms with Crippen LogP contribution in [0, 0.1) is 0 Å². The van der Waals surface area contributed by atoms with Crippen molar-refractivity contribution in [1.82, 2.24) is 10.3 Å². The second kappa shape index (κ2) is 7.47. The van der Waals surface area contributed by atoms with Crippen LogP contribution in [0.1, 0.15) is 23.0 Å².